The van der Waals surface area contributed by atoms with Gasteiger partial charge >= 0.3 is 11.8 Å². The third kappa shape index (κ3) is 4.71. The molecule has 2 aromatic heterocycles. The second-order valence-electron chi connectivity index (χ2n) is 7.34. The summed E-state index contributed by atoms with van der Waals surface area (Å²) in [5.74, 6) is 0. The Morgan fingerprint density at radius 1 is 1.26 bits per heavy atom. The van der Waals surface area contributed by atoms with Crippen LogP contribution in [-0.2, 0) is 21.3 Å². The molecule has 34 heavy (non-hydrogen) atoms. The molecule has 3 aromatic rings. The lowest BCUT2D eigenvalue weighted by atomic mass is 10.0. The predicted molar refractivity (Wildman–Crippen MR) is 120 cm³/mol. The molecule has 1 aromatic carbocycles. The molecule has 1 N–H and O–H groups in total. The zero-order chi connectivity index (χ0) is 25.2. The van der Waals surface area contributed by atoms with E-state index in [-0.39, 0.29) is 37.9 Å². The Kier molecular flexibility index (Phi) is 7.19. The Bertz CT molecular complexity index is 1440. The number of ether oxygens (including phenoxy) is 1. The number of rotatable bonds is 8. The van der Waals surface area contributed by atoms with Gasteiger partial charge in [-0.25, -0.2) is 26.8 Å². The lowest BCUT2D eigenvalue weighted by Crippen LogP contribution is -2.56. The number of unbranched alkanes of at least 4 members (excludes halogenated alkanes) is 1. The number of fused-ring (bicyclic) bond motifs is 1. The van der Waals surface area contributed by atoms with Gasteiger partial charge in [0.15, 0.2) is 0 Å². The van der Waals surface area contributed by atoms with Crippen LogP contribution in [0.5, 0.6) is 0 Å². The number of carbonyl (C=O) groups excluding carboxylic acids is 1. The van der Waals surface area contributed by atoms with Gasteiger partial charge in [0.05, 0.1) is 29.5 Å². The molecule has 0 aliphatic heterocycles. The molecule has 0 aliphatic carbocycles. The molecular formula is C20H23F2N5O6S. The van der Waals surface area contributed by atoms with Crippen LogP contribution in [0.3, 0.4) is 0 Å². The van der Waals surface area contributed by atoms with Gasteiger partial charge in [0.25, 0.3) is 22.0 Å². The molecule has 0 atom stereocenters. The Hall–Kier alpha value is -3.55. The third-order valence-electron chi connectivity index (χ3n) is 4.95. The zero-order valence-electron chi connectivity index (χ0n) is 18.6. The normalized spacial score (nSPS) is 11.8. The average molecular weight is 499 g/mol. The first kappa shape index (κ1) is 25.1. The van der Waals surface area contributed by atoms with Gasteiger partial charge in [-0.1, -0.05) is 17.8 Å². The van der Waals surface area contributed by atoms with Crippen molar-refractivity contribution in [3.63, 3.8) is 0 Å². The van der Waals surface area contributed by atoms with E-state index in [1.165, 1.54) is 16.9 Å². The SMILES string of the molecule is CCCCOC(=O)N(n1c(=O)[nH]c2cc(C(F)F)c(-c3ccnn3CC)cc2c1=O)S(C)(=O)=O. The molecule has 2 heterocycles. The highest BCUT2D eigenvalue weighted by atomic mass is 32.2. The minimum atomic E-state index is -4.49. The van der Waals surface area contributed by atoms with Crippen LogP contribution < -0.4 is 15.7 Å². The zero-order valence-corrected chi connectivity index (χ0v) is 19.4. The molecule has 0 bridgehead atoms. The summed E-state index contributed by atoms with van der Waals surface area (Å²) < 4.78 is 58.7. The van der Waals surface area contributed by atoms with Crippen LogP contribution in [0.1, 0.15) is 38.7 Å². The molecule has 0 saturated heterocycles. The van der Waals surface area contributed by atoms with E-state index >= 15 is 0 Å². The highest BCUT2D eigenvalue weighted by Gasteiger charge is 2.31. The minimum absolute atomic E-state index is 0.0334. The molecule has 0 fully saturated rings. The number of H-pyrrole nitrogens is 1. The molecule has 184 valence electrons. The van der Waals surface area contributed by atoms with Crippen molar-refractivity contribution in [1.29, 1.82) is 0 Å². The van der Waals surface area contributed by atoms with Gasteiger partial charge in [-0.2, -0.15) is 5.10 Å². The molecule has 0 radical (unpaired) electrons. The summed E-state index contributed by atoms with van der Waals surface area (Å²) in [6, 6.07) is 3.53. The molecule has 0 saturated carbocycles. The Morgan fingerprint density at radius 3 is 2.56 bits per heavy atom. The second kappa shape index (κ2) is 9.75. The Labute approximate surface area is 192 Å². The number of aromatic amines is 1. The van der Waals surface area contributed by atoms with Gasteiger partial charge < -0.3 is 9.72 Å². The van der Waals surface area contributed by atoms with Crippen LogP contribution >= 0.6 is 0 Å². The first-order chi connectivity index (χ1) is 16.0. The van der Waals surface area contributed by atoms with E-state index in [1.54, 1.807) is 6.92 Å². The second-order valence-corrected chi connectivity index (χ2v) is 9.15. The van der Waals surface area contributed by atoms with E-state index in [1.807, 2.05) is 6.92 Å². The van der Waals surface area contributed by atoms with Crippen LogP contribution in [0.2, 0.25) is 0 Å². The van der Waals surface area contributed by atoms with E-state index in [4.69, 9.17) is 4.74 Å². The number of sulfonamides is 1. The fraction of sp³-hybridized carbons (Fsp3) is 0.400. The van der Waals surface area contributed by atoms with Crippen LogP contribution in [-0.4, -0.2) is 46.8 Å². The summed E-state index contributed by atoms with van der Waals surface area (Å²) in [5, 5.41) is 3.75. The first-order valence-corrected chi connectivity index (χ1v) is 12.2. The van der Waals surface area contributed by atoms with Crippen LogP contribution in [0.15, 0.2) is 34.0 Å². The summed E-state index contributed by atoms with van der Waals surface area (Å²) in [6.07, 6.45) is -1.30. The number of nitrogens with zero attached hydrogens (tertiary/aromatic N) is 4. The number of hydrogen-bond acceptors (Lipinski definition) is 7. The Balaban J connectivity index is 2.31. The number of halogens is 2. The van der Waals surface area contributed by atoms with Crippen molar-refractivity contribution in [2.24, 2.45) is 0 Å². The number of carbonyl (C=O) groups is 1. The molecule has 0 spiro atoms. The highest BCUT2D eigenvalue weighted by molar-refractivity contribution is 7.92. The monoisotopic (exact) mass is 499 g/mol. The maximum atomic E-state index is 13.8. The molecule has 11 nitrogen and oxygen atoms in total. The fourth-order valence-electron chi connectivity index (χ4n) is 3.38. The smallest absolute Gasteiger partial charge is 0.444 e. The topological polar surface area (TPSA) is 136 Å². The van der Waals surface area contributed by atoms with Crippen molar-refractivity contribution in [3.05, 3.63) is 50.8 Å². The summed E-state index contributed by atoms with van der Waals surface area (Å²) in [5.41, 5.74) is -2.98. The number of hydrogen-bond donors (Lipinski definition) is 1. The van der Waals surface area contributed by atoms with Gasteiger partial charge in [-0.05, 0) is 31.5 Å². The van der Waals surface area contributed by atoms with Crippen molar-refractivity contribution >= 4 is 27.0 Å². The van der Waals surface area contributed by atoms with E-state index in [9.17, 15) is 31.6 Å². The lowest BCUT2D eigenvalue weighted by Gasteiger charge is -2.21. The van der Waals surface area contributed by atoms with Gasteiger partial charge in [0.2, 0.25) is 0 Å². The number of aryl methyl sites for hydroxylation is 1. The first-order valence-electron chi connectivity index (χ1n) is 10.3. The van der Waals surface area contributed by atoms with E-state index in [0.717, 1.165) is 12.1 Å². The van der Waals surface area contributed by atoms with Gasteiger partial charge in [-0.3, -0.25) is 9.48 Å². The van der Waals surface area contributed by atoms with Crippen LogP contribution in [0.25, 0.3) is 22.2 Å². The molecular weight excluding hydrogens is 476 g/mol. The van der Waals surface area contributed by atoms with Crippen molar-refractivity contribution in [2.75, 3.05) is 17.3 Å². The average Bonchev–Trinajstić information content (AvgIpc) is 3.23. The van der Waals surface area contributed by atoms with Gasteiger partial charge in [-0.15, -0.1) is 4.68 Å². The summed E-state index contributed by atoms with van der Waals surface area (Å²) in [6.45, 7) is 3.78. The molecule has 0 unspecified atom stereocenters. The lowest BCUT2D eigenvalue weighted by molar-refractivity contribution is 0.150. The van der Waals surface area contributed by atoms with Gasteiger partial charge in [0, 0.05) is 23.9 Å². The summed E-state index contributed by atoms with van der Waals surface area (Å²) in [4.78, 5) is 40.6. The van der Waals surface area contributed by atoms with Crippen molar-refractivity contribution in [1.82, 2.24) is 19.4 Å². The molecule has 14 heteroatoms. The van der Waals surface area contributed by atoms with Crippen molar-refractivity contribution < 1.29 is 26.7 Å². The van der Waals surface area contributed by atoms with Crippen LogP contribution in [0, 0.1) is 0 Å². The minimum Gasteiger partial charge on any atom is -0.447 e. The largest absolute Gasteiger partial charge is 0.447 e. The van der Waals surface area contributed by atoms with E-state index in [2.05, 4.69) is 10.1 Å². The predicted octanol–water partition coefficient (Wildman–Crippen LogP) is 2.35. The maximum absolute atomic E-state index is 13.8. The quantitative estimate of drug-likeness (QED) is 0.470. The van der Waals surface area contributed by atoms with Crippen molar-refractivity contribution in [2.45, 2.75) is 39.7 Å². The standard InChI is InChI=1S/C20H23F2N5O6S/c1-4-6-9-33-20(30)27(34(3,31)32)26-18(28)14-10-12(16-7-8-23-25(16)5-2)13(17(21)22)11-15(14)24-19(26)29/h7-8,10-11,17H,4-6,9H2,1-3H3,(H,24,29). The third-order valence-corrected chi connectivity index (χ3v) is 5.89. The van der Waals surface area contributed by atoms with E-state index in [0.29, 0.717) is 25.6 Å². The highest BCUT2D eigenvalue weighted by Crippen LogP contribution is 2.33. The number of amides is 1. The summed E-state index contributed by atoms with van der Waals surface area (Å²) >= 11 is 0. The molecule has 1 amide bonds. The molecule has 0 aliphatic rings. The Morgan fingerprint density at radius 2 is 1.97 bits per heavy atom. The maximum Gasteiger partial charge on any atom is 0.444 e. The van der Waals surface area contributed by atoms with E-state index < -0.39 is 39.4 Å². The van der Waals surface area contributed by atoms with Crippen LogP contribution in [0.4, 0.5) is 13.6 Å². The number of aromatic nitrogens is 4. The number of alkyl halides is 2. The van der Waals surface area contributed by atoms with Crippen molar-refractivity contribution in [3.8, 4) is 11.3 Å². The number of benzene rings is 1. The molecule has 3 rings (SSSR count). The summed E-state index contributed by atoms with van der Waals surface area (Å²) in [7, 11) is -4.49. The fourth-order valence-corrected chi connectivity index (χ4v) is 4.14. The van der Waals surface area contributed by atoms with Gasteiger partial charge in [0.1, 0.15) is 0 Å². The number of nitrogens with one attached hydrogen (secondary N) is 1.